The number of rotatable bonds is 3. The van der Waals surface area contributed by atoms with Crippen LogP contribution in [0.5, 0.6) is 0 Å². The van der Waals surface area contributed by atoms with Crippen molar-refractivity contribution in [1.82, 2.24) is 4.98 Å². The molecular formula is C7H4ClF2IN2O2. The van der Waals surface area contributed by atoms with Gasteiger partial charge in [-0.15, -0.1) is 11.6 Å². The van der Waals surface area contributed by atoms with Crippen molar-refractivity contribution in [3.8, 4) is 0 Å². The van der Waals surface area contributed by atoms with Gasteiger partial charge in [0.15, 0.2) is 5.69 Å². The maximum atomic E-state index is 12.4. The molecule has 1 rings (SSSR count). The van der Waals surface area contributed by atoms with Gasteiger partial charge < -0.3 is 0 Å². The Morgan fingerprint density at radius 2 is 2.27 bits per heavy atom. The summed E-state index contributed by atoms with van der Waals surface area (Å²) in [7, 11) is 0. The van der Waals surface area contributed by atoms with Crippen molar-refractivity contribution in [2.75, 3.05) is 0 Å². The molecule has 15 heavy (non-hydrogen) atoms. The maximum absolute atomic E-state index is 12.4. The van der Waals surface area contributed by atoms with Gasteiger partial charge in [-0.1, -0.05) is 0 Å². The van der Waals surface area contributed by atoms with Crippen LogP contribution in [0.4, 0.5) is 14.5 Å². The molecule has 0 bridgehead atoms. The van der Waals surface area contributed by atoms with Crippen LogP contribution in [0.25, 0.3) is 0 Å². The first-order valence-electron chi connectivity index (χ1n) is 3.64. The van der Waals surface area contributed by atoms with E-state index in [9.17, 15) is 18.9 Å². The minimum atomic E-state index is -2.98. The van der Waals surface area contributed by atoms with E-state index in [0.717, 1.165) is 6.20 Å². The lowest BCUT2D eigenvalue weighted by Gasteiger charge is -2.05. The first-order chi connectivity index (χ1) is 6.99. The van der Waals surface area contributed by atoms with Crippen LogP contribution >= 0.6 is 34.2 Å². The van der Waals surface area contributed by atoms with Crippen molar-refractivity contribution in [3.63, 3.8) is 0 Å². The van der Waals surface area contributed by atoms with Gasteiger partial charge in [-0.05, 0) is 22.6 Å². The molecule has 1 heterocycles. The summed E-state index contributed by atoms with van der Waals surface area (Å²) in [4.78, 5) is 13.1. The van der Waals surface area contributed by atoms with Gasteiger partial charge in [0.2, 0.25) is 0 Å². The monoisotopic (exact) mass is 348 g/mol. The number of nitrogens with zero attached hydrogens (tertiary/aromatic N) is 2. The third-order valence-electron chi connectivity index (χ3n) is 1.66. The number of halogens is 4. The quantitative estimate of drug-likeness (QED) is 0.365. The summed E-state index contributed by atoms with van der Waals surface area (Å²) in [5, 5.41) is 10.6. The molecule has 82 valence electrons. The Bertz CT molecular complexity index is 403. The molecule has 0 aliphatic heterocycles. The zero-order chi connectivity index (χ0) is 11.6. The summed E-state index contributed by atoms with van der Waals surface area (Å²) in [5.41, 5.74) is -1.45. The molecule has 0 N–H and O–H groups in total. The average molecular weight is 348 g/mol. The second-order valence-corrected chi connectivity index (χ2v) is 3.94. The number of pyridine rings is 1. The van der Waals surface area contributed by atoms with Crippen LogP contribution in [0.15, 0.2) is 6.20 Å². The molecule has 0 aliphatic rings. The predicted molar refractivity (Wildman–Crippen MR) is 58.1 cm³/mol. The summed E-state index contributed by atoms with van der Waals surface area (Å²) in [6.45, 7) is 0. The molecule has 0 saturated carbocycles. The molecule has 0 spiro atoms. The van der Waals surface area contributed by atoms with E-state index in [0.29, 0.717) is 3.57 Å². The molecule has 8 heteroatoms. The minimum Gasteiger partial charge on any atom is -0.258 e. The summed E-state index contributed by atoms with van der Waals surface area (Å²) in [5.74, 6) is -0.198. The van der Waals surface area contributed by atoms with E-state index in [4.69, 9.17) is 11.6 Å². The van der Waals surface area contributed by atoms with Crippen molar-refractivity contribution in [3.05, 3.63) is 31.1 Å². The highest BCUT2D eigenvalue weighted by Gasteiger charge is 2.28. The van der Waals surface area contributed by atoms with E-state index in [1.54, 1.807) is 22.6 Å². The molecule has 0 saturated heterocycles. The van der Waals surface area contributed by atoms with Crippen molar-refractivity contribution < 1.29 is 13.7 Å². The van der Waals surface area contributed by atoms with Gasteiger partial charge >= 0.3 is 5.69 Å². The van der Waals surface area contributed by atoms with Gasteiger partial charge in [0, 0.05) is 9.77 Å². The van der Waals surface area contributed by atoms with Crippen molar-refractivity contribution in [2.45, 2.75) is 12.3 Å². The highest BCUT2D eigenvalue weighted by Crippen LogP contribution is 2.33. The summed E-state index contributed by atoms with van der Waals surface area (Å²) >= 11 is 7.24. The van der Waals surface area contributed by atoms with Crippen molar-refractivity contribution >= 4 is 39.9 Å². The third-order valence-corrected chi connectivity index (χ3v) is 2.85. The van der Waals surface area contributed by atoms with Crippen LogP contribution in [-0.4, -0.2) is 9.91 Å². The number of nitro groups is 1. The molecule has 0 fully saturated rings. The minimum absolute atomic E-state index is 0.0765. The number of hydrogen-bond acceptors (Lipinski definition) is 3. The van der Waals surface area contributed by atoms with E-state index < -0.39 is 22.7 Å². The second kappa shape index (κ2) is 4.97. The molecule has 1 aromatic rings. The molecule has 1 aromatic heterocycles. The van der Waals surface area contributed by atoms with E-state index in [1.165, 1.54) is 0 Å². The maximum Gasteiger partial charge on any atom is 0.302 e. The molecule has 0 unspecified atom stereocenters. The fourth-order valence-corrected chi connectivity index (χ4v) is 2.10. The number of hydrogen-bond donors (Lipinski definition) is 0. The molecule has 0 radical (unpaired) electrons. The SMILES string of the molecule is O=[N+]([O-])c1c(C(F)F)ncc(I)c1CCl. The van der Waals surface area contributed by atoms with Gasteiger partial charge in [0.25, 0.3) is 6.43 Å². The fourth-order valence-electron chi connectivity index (χ4n) is 1.02. The molecule has 0 aromatic carbocycles. The van der Waals surface area contributed by atoms with Crippen molar-refractivity contribution in [1.29, 1.82) is 0 Å². The highest BCUT2D eigenvalue weighted by molar-refractivity contribution is 14.1. The smallest absolute Gasteiger partial charge is 0.258 e. The Kier molecular flexibility index (Phi) is 4.14. The van der Waals surface area contributed by atoms with Crippen molar-refractivity contribution in [2.24, 2.45) is 0 Å². The standard InChI is InChI=1S/C7H4ClF2IN2O2/c8-1-3-4(11)2-12-5(7(9)10)6(3)13(14)15/h2,7H,1H2. The van der Waals surface area contributed by atoms with Gasteiger partial charge in [-0.2, -0.15) is 0 Å². The van der Waals surface area contributed by atoms with Crippen LogP contribution in [0.3, 0.4) is 0 Å². The van der Waals surface area contributed by atoms with Crippen LogP contribution in [-0.2, 0) is 5.88 Å². The molecule has 4 nitrogen and oxygen atoms in total. The average Bonchev–Trinajstić information content (AvgIpc) is 2.16. The lowest BCUT2D eigenvalue weighted by molar-refractivity contribution is -0.387. The highest BCUT2D eigenvalue weighted by atomic mass is 127. The molecule has 0 atom stereocenters. The Labute approximate surface area is 102 Å². The normalized spacial score (nSPS) is 10.7. The number of aromatic nitrogens is 1. The summed E-state index contributed by atoms with van der Waals surface area (Å²) in [6, 6.07) is 0. The van der Waals surface area contributed by atoms with E-state index >= 15 is 0 Å². The van der Waals surface area contributed by atoms with Gasteiger partial charge in [-0.25, -0.2) is 13.8 Å². The lowest BCUT2D eigenvalue weighted by atomic mass is 10.2. The Morgan fingerprint density at radius 3 is 2.67 bits per heavy atom. The molecule has 0 amide bonds. The number of alkyl halides is 3. The third kappa shape index (κ3) is 2.51. The predicted octanol–water partition coefficient (Wildman–Crippen LogP) is 3.27. The first kappa shape index (κ1) is 12.5. The van der Waals surface area contributed by atoms with Crippen LogP contribution in [0, 0.1) is 13.7 Å². The Balaban J connectivity index is 3.49. The van der Waals surface area contributed by atoms with Gasteiger partial charge in [0.05, 0.1) is 16.4 Å². The second-order valence-electron chi connectivity index (χ2n) is 2.51. The summed E-state index contributed by atoms with van der Waals surface area (Å²) < 4.78 is 25.2. The van der Waals surface area contributed by atoms with Crippen LogP contribution in [0.1, 0.15) is 17.7 Å². The zero-order valence-electron chi connectivity index (χ0n) is 7.08. The first-order valence-corrected chi connectivity index (χ1v) is 5.26. The zero-order valence-corrected chi connectivity index (χ0v) is 10.00. The van der Waals surface area contributed by atoms with E-state index in [-0.39, 0.29) is 11.4 Å². The lowest BCUT2D eigenvalue weighted by Crippen LogP contribution is -2.04. The molecule has 0 aliphatic carbocycles. The van der Waals surface area contributed by atoms with Crippen LogP contribution in [0.2, 0.25) is 0 Å². The largest absolute Gasteiger partial charge is 0.302 e. The topological polar surface area (TPSA) is 56.0 Å². The van der Waals surface area contributed by atoms with Gasteiger partial charge in [0.1, 0.15) is 0 Å². The Morgan fingerprint density at radius 1 is 1.67 bits per heavy atom. The van der Waals surface area contributed by atoms with Gasteiger partial charge in [-0.3, -0.25) is 10.1 Å². The molecular weight excluding hydrogens is 344 g/mol. The Hall–Kier alpha value is -0.570. The van der Waals surface area contributed by atoms with E-state index in [2.05, 4.69) is 4.98 Å². The fraction of sp³-hybridized carbons (Fsp3) is 0.286. The van der Waals surface area contributed by atoms with Crippen LogP contribution < -0.4 is 0 Å². The summed E-state index contributed by atoms with van der Waals surface area (Å²) in [6.07, 6.45) is -1.84. The van der Waals surface area contributed by atoms with E-state index in [1.807, 2.05) is 0 Å².